The Kier molecular flexibility index (Phi) is 3.45. The van der Waals surface area contributed by atoms with E-state index in [2.05, 4.69) is 10.4 Å². The molecule has 2 heterocycles. The summed E-state index contributed by atoms with van der Waals surface area (Å²) in [4.78, 5) is 14.7. The Balaban J connectivity index is 1.65. The first kappa shape index (κ1) is 12.5. The maximum absolute atomic E-state index is 11.6. The number of piperazine rings is 1. The van der Waals surface area contributed by atoms with Crippen molar-refractivity contribution in [1.82, 2.24) is 9.21 Å². The van der Waals surface area contributed by atoms with Crippen LogP contribution in [0.15, 0.2) is 29.2 Å². The number of benzene rings is 1. The number of carbonyl (C=O) groups is 1. The maximum atomic E-state index is 11.6. The monoisotopic (exact) mass is 273 g/mol. The fourth-order valence-electron chi connectivity index (χ4n) is 2.69. The summed E-state index contributed by atoms with van der Waals surface area (Å²) >= 11 is 1.69. The third-order valence-corrected chi connectivity index (χ3v) is 4.71. The van der Waals surface area contributed by atoms with Gasteiger partial charge in [0.05, 0.1) is 11.6 Å². The standard InChI is InChI=1S/C14H15N3OS/c15-9-11-2-1-3-13(8-11)19-16-6-7-17-12(10-16)4-5-14(17)18/h1-3,8,12H,4-7,10H2. The van der Waals surface area contributed by atoms with E-state index in [1.807, 2.05) is 29.2 Å². The summed E-state index contributed by atoms with van der Waals surface area (Å²) in [6, 6.07) is 10.2. The van der Waals surface area contributed by atoms with Crippen molar-refractivity contribution in [3.8, 4) is 6.07 Å². The maximum Gasteiger partial charge on any atom is 0.222 e. The van der Waals surface area contributed by atoms with Crippen LogP contribution in [0.4, 0.5) is 0 Å². The molecule has 0 aliphatic carbocycles. The zero-order chi connectivity index (χ0) is 13.2. The second kappa shape index (κ2) is 5.24. The molecule has 5 heteroatoms. The fourth-order valence-corrected chi connectivity index (χ4v) is 3.73. The topological polar surface area (TPSA) is 47.3 Å². The molecule has 1 aromatic carbocycles. The van der Waals surface area contributed by atoms with Crippen LogP contribution in [-0.2, 0) is 4.79 Å². The van der Waals surface area contributed by atoms with Gasteiger partial charge in [-0.25, -0.2) is 4.31 Å². The number of amides is 1. The highest BCUT2D eigenvalue weighted by Gasteiger charge is 2.35. The molecule has 2 fully saturated rings. The molecule has 0 spiro atoms. The third-order valence-electron chi connectivity index (χ3n) is 3.65. The Labute approximate surface area is 117 Å². The number of rotatable bonds is 2. The van der Waals surface area contributed by atoms with E-state index >= 15 is 0 Å². The number of nitrogens with zero attached hydrogens (tertiary/aromatic N) is 3. The van der Waals surface area contributed by atoms with Crippen molar-refractivity contribution in [3.63, 3.8) is 0 Å². The lowest BCUT2D eigenvalue weighted by atomic mass is 10.2. The molecule has 0 aromatic heterocycles. The van der Waals surface area contributed by atoms with E-state index in [1.165, 1.54) is 0 Å². The predicted molar refractivity (Wildman–Crippen MR) is 73.3 cm³/mol. The summed E-state index contributed by atoms with van der Waals surface area (Å²) in [7, 11) is 0. The van der Waals surface area contributed by atoms with Crippen LogP contribution in [0.3, 0.4) is 0 Å². The van der Waals surface area contributed by atoms with Gasteiger partial charge >= 0.3 is 0 Å². The van der Waals surface area contributed by atoms with E-state index in [9.17, 15) is 4.79 Å². The van der Waals surface area contributed by atoms with Gasteiger partial charge in [-0.15, -0.1) is 0 Å². The lowest BCUT2D eigenvalue weighted by Crippen LogP contribution is -2.48. The van der Waals surface area contributed by atoms with Crippen LogP contribution < -0.4 is 0 Å². The van der Waals surface area contributed by atoms with Gasteiger partial charge < -0.3 is 4.90 Å². The van der Waals surface area contributed by atoms with Crippen LogP contribution in [0.5, 0.6) is 0 Å². The molecular formula is C14H15N3OS. The number of hydrogen-bond donors (Lipinski definition) is 0. The van der Waals surface area contributed by atoms with Crippen LogP contribution in [0.25, 0.3) is 0 Å². The first-order chi connectivity index (χ1) is 9.26. The number of hydrogen-bond acceptors (Lipinski definition) is 4. The minimum atomic E-state index is 0.307. The lowest BCUT2D eigenvalue weighted by Gasteiger charge is -2.36. The molecule has 0 N–H and O–H groups in total. The van der Waals surface area contributed by atoms with E-state index in [-0.39, 0.29) is 0 Å². The summed E-state index contributed by atoms with van der Waals surface area (Å²) in [6.07, 6.45) is 1.68. The number of fused-ring (bicyclic) bond motifs is 1. The predicted octanol–water partition coefficient (Wildman–Crippen LogP) is 1.87. The van der Waals surface area contributed by atoms with E-state index in [0.29, 0.717) is 23.9 Å². The van der Waals surface area contributed by atoms with E-state index in [0.717, 1.165) is 31.0 Å². The molecule has 98 valence electrons. The average molecular weight is 273 g/mol. The SMILES string of the molecule is N#Cc1cccc(SN2CCN3C(=O)CCC3C2)c1. The van der Waals surface area contributed by atoms with Gasteiger partial charge in [0.15, 0.2) is 0 Å². The Morgan fingerprint density at radius 2 is 2.26 bits per heavy atom. The van der Waals surface area contributed by atoms with Gasteiger partial charge in [0.2, 0.25) is 5.91 Å². The molecule has 0 radical (unpaired) electrons. The quantitative estimate of drug-likeness (QED) is 0.772. The van der Waals surface area contributed by atoms with Crippen molar-refractivity contribution in [3.05, 3.63) is 29.8 Å². The normalized spacial score (nSPS) is 23.2. The van der Waals surface area contributed by atoms with E-state index in [4.69, 9.17) is 5.26 Å². The molecule has 19 heavy (non-hydrogen) atoms. The highest BCUT2D eigenvalue weighted by molar-refractivity contribution is 7.97. The summed E-state index contributed by atoms with van der Waals surface area (Å²) in [5.41, 5.74) is 0.694. The lowest BCUT2D eigenvalue weighted by molar-refractivity contribution is -0.130. The molecule has 1 aromatic rings. The van der Waals surface area contributed by atoms with Gasteiger partial charge in [-0.05, 0) is 36.6 Å². The van der Waals surface area contributed by atoms with Crippen molar-refractivity contribution in [2.75, 3.05) is 19.6 Å². The molecule has 1 atom stereocenters. The van der Waals surface area contributed by atoms with Crippen LogP contribution in [0.2, 0.25) is 0 Å². The molecule has 0 saturated carbocycles. The summed E-state index contributed by atoms with van der Waals surface area (Å²) in [6.45, 7) is 2.64. The zero-order valence-electron chi connectivity index (χ0n) is 10.6. The second-order valence-electron chi connectivity index (χ2n) is 4.90. The largest absolute Gasteiger partial charge is 0.337 e. The Morgan fingerprint density at radius 3 is 3.11 bits per heavy atom. The summed E-state index contributed by atoms with van der Waals surface area (Å²) < 4.78 is 2.30. The van der Waals surface area contributed by atoms with Crippen LogP contribution in [-0.4, -0.2) is 40.8 Å². The first-order valence-electron chi connectivity index (χ1n) is 6.49. The molecule has 2 saturated heterocycles. The summed E-state index contributed by atoms with van der Waals surface area (Å²) in [5.74, 6) is 0.307. The van der Waals surface area contributed by atoms with Crippen molar-refractivity contribution in [2.45, 2.75) is 23.8 Å². The second-order valence-corrected chi connectivity index (χ2v) is 6.07. The summed E-state index contributed by atoms with van der Waals surface area (Å²) in [5, 5.41) is 8.90. The molecule has 2 aliphatic rings. The Morgan fingerprint density at radius 1 is 1.37 bits per heavy atom. The van der Waals surface area contributed by atoms with Crippen LogP contribution in [0, 0.1) is 11.3 Å². The molecule has 2 aliphatic heterocycles. The van der Waals surface area contributed by atoms with Crippen molar-refractivity contribution < 1.29 is 4.79 Å². The highest BCUT2D eigenvalue weighted by atomic mass is 32.2. The van der Waals surface area contributed by atoms with Crippen molar-refractivity contribution in [2.24, 2.45) is 0 Å². The van der Waals surface area contributed by atoms with Crippen LogP contribution >= 0.6 is 11.9 Å². The molecule has 4 nitrogen and oxygen atoms in total. The molecule has 0 bridgehead atoms. The highest BCUT2D eigenvalue weighted by Crippen LogP contribution is 2.30. The fraction of sp³-hybridized carbons (Fsp3) is 0.429. The van der Waals surface area contributed by atoms with Crippen molar-refractivity contribution in [1.29, 1.82) is 5.26 Å². The zero-order valence-corrected chi connectivity index (χ0v) is 11.4. The Bertz CT molecular complexity index is 540. The van der Waals surface area contributed by atoms with Gasteiger partial charge in [-0.3, -0.25) is 4.79 Å². The molecule has 3 rings (SSSR count). The number of carbonyl (C=O) groups excluding carboxylic acids is 1. The minimum absolute atomic E-state index is 0.307. The minimum Gasteiger partial charge on any atom is -0.337 e. The van der Waals surface area contributed by atoms with Gasteiger partial charge in [-0.2, -0.15) is 5.26 Å². The van der Waals surface area contributed by atoms with Gasteiger partial charge in [0.1, 0.15) is 0 Å². The van der Waals surface area contributed by atoms with Gasteiger partial charge in [0, 0.05) is 37.0 Å². The molecular weight excluding hydrogens is 258 g/mol. The van der Waals surface area contributed by atoms with E-state index < -0.39 is 0 Å². The number of nitriles is 1. The van der Waals surface area contributed by atoms with E-state index in [1.54, 1.807) is 11.9 Å². The van der Waals surface area contributed by atoms with Crippen LogP contribution in [0.1, 0.15) is 18.4 Å². The van der Waals surface area contributed by atoms with Gasteiger partial charge in [-0.1, -0.05) is 6.07 Å². The van der Waals surface area contributed by atoms with Crippen molar-refractivity contribution >= 4 is 17.9 Å². The molecule has 1 amide bonds. The van der Waals surface area contributed by atoms with Gasteiger partial charge in [0.25, 0.3) is 0 Å². The smallest absolute Gasteiger partial charge is 0.222 e. The first-order valence-corrected chi connectivity index (χ1v) is 7.26. The average Bonchev–Trinajstić information content (AvgIpc) is 2.80. The molecule has 1 unspecified atom stereocenters. The third kappa shape index (κ3) is 2.60. The Hall–Kier alpha value is -1.51.